The number of hydrogen-bond donors (Lipinski definition) is 0. The minimum atomic E-state index is -0.238. The molecular formula is C16H26N2O4. The standard InChI is InChI=1S/C16H26N2O4/c1-11-6-13(11)15(20)18-9-16(10-18)7-12(4-5-22-16)21-8-14(19)17(2)3/h11-13H,4-10H2,1-3H3. The summed E-state index contributed by atoms with van der Waals surface area (Å²) >= 11 is 0. The van der Waals surface area contributed by atoms with Gasteiger partial charge in [0.2, 0.25) is 11.8 Å². The van der Waals surface area contributed by atoms with Crippen LogP contribution in [-0.2, 0) is 19.1 Å². The molecule has 1 aliphatic carbocycles. The van der Waals surface area contributed by atoms with Crippen molar-refractivity contribution in [2.24, 2.45) is 11.8 Å². The van der Waals surface area contributed by atoms with Crippen molar-refractivity contribution in [2.75, 3.05) is 40.4 Å². The number of hydrogen-bond acceptors (Lipinski definition) is 4. The van der Waals surface area contributed by atoms with Crippen molar-refractivity contribution in [1.29, 1.82) is 0 Å². The zero-order valence-corrected chi connectivity index (χ0v) is 13.7. The fraction of sp³-hybridized carbons (Fsp3) is 0.875. The molecule has 1 saturated carbocycles. The molecule has 2 saturated heterocycles. The Balaban J connectivity index is 1.45. The van der Waals surface area contributed by atoms with Crippen LogP contribution in [0.5, 0.6) is 0 Å². The van der Waals surface area contributed by atoms with Gasteiger partial charge in [-0.3, -0.25) is 9.59 Å². The van der Waals surface area contributed by atoms with Crippen molar-refractivity contribution >= 4 is 11.8 Å². The molecule has 3 aliphatic rings. The first kappa shape index (κ1) is 15.7. The van der Waals surface area contributed by atoms with Gasteiger partial charge in [-0.25, -0.2) is 0 Å². The lowest BCUT2D eigenvalue weighted by Crippen LogP contribution is -2.67. The molecule has 0 N–H and O–H groups in total. The second-order valence-electron chi connectivity index (χ2n) is 7.26. The Morgan fingerprint density at radius 3 is 2.64 bits per heavy atom. The summed E-state index contributed by atoms with van der Waals surface area (Å²) in [6.07, 6.45) is 2.67. The fourth-order valence-electron chi connectivity index (χ4n) is 3.37. The van der Waals surface area contributed by atoms with E-state index >= 15 is 0 Å². The van der Waals surface area contributed by atoms with E-state index in [1.54, 1.807) is 14.1 Å². The third kappa shape index (κ3) is 3.13. The van der Waals surface area contributed by atoms with E-state index in [0.717, 1.165) is 19.3 Å². The fourth-order valence-corrected chi connectivity index (χ4v) is 3.37. The van der Waals surface area contributed by atoms with E-state index in [-0.39, 0.29) is 36.0 Å². The lowest BCUT2D eigenvalue weighted by atomic mass is 9.84. The summed E-state index contributed by atoms with van der Waals surface area (Å²) in [6, 6.07) is 0. The van der Waals surface area contributed by atoms with Gasteiger partial charge in [0.1, 0.15) is 12.2 Å². The summed E-state index contributed by atoms with van der Waals surface area (Å²) < 4.78 is 11.7. The summed E-state index contributed by atoms with van der Waals surface area (Å²) in [5, 5.41) is 0. The monoisotopic (exact) mass is 310 g/mol. The Hall–Kier alpha value is -1.14. The highest BCUT2D eigenvalue weighted by Crippen LogP contribution is 2.43. The highest BCUT2D eigenvalue weighted by molar-refractivity contribution is 5.82. The summed E-state index contributed by atoms with van der Waals surface area (Å²) in [7, 11) is 3.46. The summed E-state index contributed by atoms with van der Waals surface area (Å²) in [4.78, 5) is 27.2. The van der Waals surface area contributed by atoms with Crippen LogP contribution in [0.3, 0.4) is 0 Å². The van der Waals surface area contributed by atoms with Crippen molar-refractivity contribution in [2.45, 2.75) is 37.9 Å². The van der Waals surface area contributed by atoms with Crippen LogP contribution in [0.1, 0.15) is 26.2 Å². The Morgan fingerprint density at radius 2 is 2.05 bits per heavy atom. The first-order valence-corrected chi connectivity index (χ1v) is 8.15. The van der Waals surface area contributed by atoms with Gasteiger partial charge in [0.25, 0.3) is 0 Å². The van der Waals surface area contributed by atoms with Crippen LogP contribution in [0.2, 0.25) is 0 Å². The molecule has 0 aromatic heterocycles. The van der Waals surface area contributed by atoms with Gasteiger partial charge in [-0.2, -0.15) is 0 Å². The predicted octanol–water partition coefficient (Wildman–Crippen LogP) is 0.507. The highest BCUT2D eigenvalue weighted by atomic mass is 16.5. The van der Waals surface area contributed by atoms with E-state index in [2.05, 4.69) is 6.92 Å². The molecule has 0 aromatic rings. The van der Waals surface area contributed by atoms with Gasteiger partial charge >= 0.3 is 0 Å². The van der Waals surface area contributed by atoms with E-state index in [4.69, 9.17) is 9.47 Å². The molecule has 0 bridgehead atoms. The maximum Gasteiger partial charge on any atom is 0.248 e. The molecule has 3 rings (SSSR count). The molecule has 124 valence electrons. The second kappa shape index (κ2) is 5.81. The van der Waals surface area contributed by atoms with Crippen LogP contribution in [0.15, 0.2) is 0 Å². The molecule has 0 radical (unpaired) electrons. The SMILES string of the molecule is CC1CC1C(=O)N1CC2(CC(OCC(=O)N(C)C)CCO2)C1. The molecule has 6 nitrogen and oxygen atoms in total. The van der Waals surface area contributed by atoms with Crippen LogP contribution in [0.25, 0.3) is 0 Å². The van der Waals surface area contributed by atoms with Crippen molar-refractivity contribution in [1.82, 2.24) is 9.80 Å². The number of nitrogens with zero attached hydrogens (tertiary/aromatic N) is 2. The number of ether oxygens (including phenoxy) is 2. The van der Waals surface area contributed by atoms with E-state index < -0.39 is 0 Å². The van der Waals surface area contributed by atoms with Crippen LogP contribution in [0.4, 0.5) is 0 Å². The van der Waals surface area contributed by atoms with E-state index in [1.165, 1.54) is 4.90 Å². The zero-order chi connectivity index (χ0) is 15.9. The molecule has 2 heterocycles. The van der Waals surface area contributed by atoms with Crippen molar-refractivity contribution in [3.8, 4) is 0 Å². The molecular weight excluding hydrogens is 284 g/mol. The molecule has 3 unspecified atom stereocenters. The number of likely N-dealkylation sites (tertiary alicyclic amines) is 1. The molecule has 6 heteroatoms. The Kier molecular flexibility index (Phi) is 4.16. The van der Waals surface area contributed by atoms with E-state index in [0.29, 0.717) is 25.6 Å². The Labute approximate surface area is 131 Å². The quantitative estimate of drug-likeness (QED) is 0.759. The molecule has 2 aliphatic heterocycles. The minimum Gasteiger partial charge on any atom is -0.371 e. The second-order valence-corrected chi connectivity index (χ2v) is 7.26. The lowest BCUT2D eigenvalue weighted by Gasteiger charge is -2.53. The highest BCUT2D eigenvalue weighted by Gasteiger charge is 2.53. The summed E-state index contributed by atoms with van der Waals surface area (Å²) in [5.41, 5.74) is -0.238. The van der Waals surface area contributed by atoms with Gasteiger partial charge in [-0.05, 0) is 18.8 Å². The van der Waals surface area contributed by atoms with Gasteiger partial charge in [0.05, 0.1) is 19.2 Å². The van der Waals surface area contributed by atoms with Crippen LogP contribution in [-0.4, -0.2) is 73.7 Å². The number of carbonyl (C=O) groups excluding carboxylic acids is 2. The van der Waals surface area contributed by atoms with E-state index in [9.17, 15) is 9.59 Å². The maximum absolute atomic E-state index is 12.2. The molecule has 0 aromatic carbocycles. The Morgan fingerprint density at radius 1 is 1.36 bits per heavy atom. The number of likely N-dealkylation sites (N-methyl/N-ethyl adjacent to an activating group) is 1. The normalized spacial score (nSPS) is 32.5. The number of carbonyl (C=O) groups is 2. The first-order valence-electron chi connectivity index (χ1n) is 8.15. The van der Waals surface area contributed by atoms with Crippen LogP contribution < -0.4 is 0 Å². The average molecular weight is 310 g/mol. The van der Waals surface area contributed by atoms with Crippen LogP contribution >= 0.6 is 0 Å². The Bertz CT molecular complexity index is 459. The molecule has 3 fully saturated rings. The van der Waals surface area contributed by atoms with Crippen LogP contribution in [0, 0.1) is 11.8 Å². The minimum absolute atomic E-state index is 0.0197. The average Bonchev–Trinajstić information content (AvgIpc) is 3.18. The predicted molar refractivity (Wildman–Crippen MR) is 80.2 cm³/mol. The van der Waals surface area contributed by atoms with Gasteiger partial charge < -0.3 is 19.3 Å². The zero-order valence-electron chi connectivity index (χ0n) is 13.7. The van der Waals surface area contributed by atoms with Crippen molar-refractivity contribution in [3.63, 3.8) is 0 Å². The topological polar surface area (TPSA) is 59.1 Å². The van der Waals surface area contributed by atoms with Gasteiger partial charge in [0, 0.05) is 33.0 Å². The number of rotatable bonds is 4. The largest absolute Gasteiger partial charge is 0.371 e. The smallest absolute Gasteiger partial charge is 0.248 e. The van der Waals surface area contributed by atoms with Gasteiger partial charge in [0.15, 0.2) is 0 Å². The molecule has 2 amide bonds. The molecule has 1 spiro atoms. The third-order valence-electron chi connectivity index (χ3n) is 5.09. The van der Waals surface area contributed by atoms with Crippen molar-refractivity contribution in [3.05, 3.63) is 0 Å². The lowest BCUT2D eigenvalue weighted by molar-refractivity contribution is -0.202. The van der Waals surface area contributed by atoms with Gasteiger partial charge in [-0.15, -0.1) is 0 Å². The summed E-state index contributed by atoms with van der Waals surface area (Å²) in [6.45, 7) is 4.24. The summed E-state index contributed by atoms with van der Waals surface area (Å²) in [5.74, 6) is 1.05. The number of amides is 2. The first-order chi connectivity index (χ1) is 10.4. The molecule has 22 heavy (non-hydrogen) atoms. The van der Waals surface area contributed by atoms with Gasteiger partial charge in [-0.1, -0.05) is 6.92 Å². The molecule has 3 atom stereocenters. The van der Waals surface area contributed by atoms with Crippen molar-refractivity contribution < 1.29 is 19.1 Å². The van der Waals surface area contributed by atoms with E-state index in [1.807, 2.05) is 4.90 Å². The maximum atomic E-state index is 12.2. The third-order valence-corrected chi connectivity index (χ3v) is 5.09.